The predicted octanol–water partition coefficient (Wildman–Crippen LogP) is 2.89. The van der Waals surface area contributed by atoms with Crippen molar-refractivity contribution in [1.82, 2.24) is 4.90 Å². The van der Waals surface area contributed by atoms with Crippen LogP contribution in [0.1, 0.15) is 28.4 Å². The number of hydrogen-bond acceptors (Lipinski definition) is 4. The van der Waals surface area contributed by atoms with Crippen molar-refractivity contribution >= 4 is 11.9 Å². The number of benzene rings is 2. The minimum atomic E-state index is -1.10. The van der Waals surface area contributed by atoms with Crippen molar-refractivity contribution in [2.24, 2.45) is 0 Å². The Morgan fingerprint density at radius 2 is 2.00 bits per heavy atom. The van der Waals surface area contributed by atoms with Crippen molar-refractivity contribution in [3.05, 3.63) is 58.9 Å². The molecular formula is C20H20FNO5. The number of hydrogen-bond donors (Lipinski definition) is 1. The molecule has 27 heavy (non-hydrogen) atoms. The van der Waals surface area contributed by atoms with Crippen LogP contribution >= 0.6 is 0 Å². The molecular weight excluding hydrogens is 353 g/mol. The molecule has 1 aliphatic heterocycles. The first-order valence-electron chi connectivity index (χ1n) is 8.66. The van der Waals surface area contributed by atoms with E-state index in [1.165, 1.54) is 12.1 Å². The zero-order valence-corrected chi connectivity index (χ0v) is 14.9. The Labute approximate surface area is 156 Å². The van der Waals surface area contributed by atoms with Crippen molar-refractivity contribution in [1.29, 1.82) is 0 Å². The molecule has 1 amide bonds. The minimum Gasteiger partial charge on any atom is -0.490 e. The summed E-state index contributed by atoms with van der Waals surface area (Å²) in [5, 5.41) is 8.75. The second-order valence-electron chi connectivity index (χ2n) is 6.13. The fourth-order valence-electron chi connectivity index (χ4n) is 3.09. The van der Waals surface area contributed by atoms with E-state index in [0.29, 0.717) is 43.0 Å². The molecule has 1 N–H and O–H groups in total. The molecule has 0 unspecified atom stereocenters. The van der Waals surface area contributed by atoms with Gasteiger partial charge in [0.1, 0.15) is 5.82 Å². The Balaban J connectivity index is 1.80. The van der Waals surface area contributed by atoms with E-state index in [0.717, 1.165) is 5.56 Å². The maximum Gasteiger partial charge on any atom is 0.341 e. The molecule has 142 valence electrons. The smallest absolute Gasteiger partial charge is 0.341 e. The van der Waals surface area contributed by atoms with E-state index < -0.39 is 12.6 Å². The van der Waals surface area contributed by atoms with E-state index in [1.54, 1.807) is 30.0 Å². The summed E-state index contributed by atoms with van der Waals surface area (Å²) in [6, 6.07) is 9.54. The Kier molecular flexibility index (Phi) is 5.59. The van der Waals surface area contributed by atoms with Crippen LogP contribution in [0.2, 0.25) is 0 Å². The summed E-state index contributed by atoms with van der Waals surface area (Å²) < 4.78 is 24.5. The first-order chi connectivity index (χ1) is 13.0. The van der Waals surface area contributed by atoms with Crippen LogP contribution in [0.15, 0.2) is 36.4 Å². The van der Waals surface area contributed by atoms with E-state index in [9.17, 15) is 14.0 Å². The van der Waals surface area contributed by atoms with E-state index in [4.69, 9.17) is 14.6 Å². The van der Waals surface area contributed by atoms with Gasteiger partial charge in [0.2, 0.25) is 0 Å². The molecule has 1 heterocycles. The molecule has 0 bridgehead atoms. The number of carbonyl (C=O) groups excluding carboxylic acids is 1. The molecule has 1 aliphatic rings. The van der Waals surface area contributed by atoms with Gasteiger partial charge in [0.25, 0.3) is 5.91 Å². The lowest BCUT2D eigenvalue weighted by Gasteiger charge is -2.29. The Bertz CT molecular complexity index is 867. The third-order valence-electron chi connectivity index (χ3n) is 4.34. The van der Waals surface area contributed by atoms with Gasteiger partial charge in [-0.15, -0.1) is 0 Å². The average molecular weight is 373 g/mol. The van der Waals surface area contributed by atoms with Crippen LogP contribution in [0.3, 0.4) is 0 Å². The maximum absolute atomic E-state index is 13.9. The minimum absolute atomic E-state index is 0.198. The first-order valence-corrected chi connectivity index (χ1v) is 8.66. The van der Waals surface area contributed by atoms with Crippen molar-refractivity contribution in [3.63, 3.8) is 0 Å². The van der Waals surface area contributed by atoms with Gasteiger partial charge in [-0.2, -0.15) is 0 Å². The van der Waals surface area contributed by atoms with E-state index >= 15 is 0 Å². The van der Waals surface area contributed by atoms with E-state index in [2.05, 4.69) is 0 Å². The van der Waals surface area contributed by atoms with Gasteiger partial charge in [-0.25, -0.2) is 9.18 Å². The molecule has 2 aromatic rings. The molecule has 0 aliphatic carbocycles. The number of aliphatic carboxylic acids is 1. The molecule has 0 saturated heterocycles. The summed E-state index contributed by atoms with van der Waals surface area (Å²) in [6.07, 6.45) is 0.464. The molecule has 0 radical (unpaired) electrons. The standard InChI is InChI=1S/C20H20FNO5/c1-2-26-18-10-13(6-7-17(18)27-12-19(23)24)20(25)22-9-8-15-14(11-22)4-3-5-16(15)21/h3-7,10H,2,8-9,11-12H2,1H3,(H,23,24). The molecule has 0 saturated carbocycles. The average Bonchev–Trinajstić information content (AvgIpc) is 2.66. The van der Waals surface area contributed by atoms with Crippen molar-refractivity contribution in [3.8, 4) is 11.5 Å². The topological polar surface area (TPSA) is 76.1 Å². The number of carboxylic acid groups (broad SMARTS) is 1. The summed E-state index contributed by atoms with van der Waals surface area (Å²) in [4.78, 5) is 25.2. The third-order valence-corrected chi connectivity index (χ3v) is 4.34. The summed E-state index contributed by atoms with van der Waals surface area (Å²) in [7, 11) is 0. The number of amides is 1. The van der Waals surface area contributed by atoms with E-state index in [-0.39, 0.29) is 17.5 Å². The second kappa shape index (κ2) is 8.07. The lowest BCUT2D eigenvalue weighted by Crippen LogP contribution is -2.36. The third kappa shape index (κ3) is 4.19. The summed E-state index contributed by atoms with van der Waals surface area (Å²) in [5.74, 6) is -0.958. The normalized spacial score (nSPS) is 13.0. The van der Waals surface area contributed by atoms with E-state index in [1.807, 2.05) is 6.07 Å². The molecule has 3 rings (SSSR count). The van der Waals surface area contributed by atoms with Crippen LogP contribution in [0.5, 0.6) is 11.5 Å². The number of carbonyl (C=O) groups is 2. The Morgan fingerprint density at radius 3 is 2.74 bits per heavy atom. The highest BCUT2D eigenvalue weighted by Gasteiger charge is 2.24. The van der Waals surface area contributed by atoms with Gasteiger partial charge in [-0.3, -0.25) is 4.79 Å². The van der Waals surface area contributed by atoms with Gasteiger partial charge in [0, 0.05) is 18.7 Å². The van der Waals surface area contributed by atoms with Gasteiger partial charge in [-0.1, -0.05) is 12.1 Å². The number of nitrogens with zero attached hydrogens (tertiary/aromatic N) is 1. The maximum atomic E-state index is 13.9. The van der Waals surface area contributed by atoms with Gasteiger partial charge < -0.3 is 19.5 Å². The van der Waals surface area contributed by atoms with Gasteiger partial charge in [0.05, 0.1) is 6.61 Å². The fourth-order valence-corrected chi connectivity index (χ4v) is 3.09. The molecule has 0 aromatic heterocycles. The number of rotatable bonds is 6. The largest absolute Gasteiger partial charge is 0.490 e. The molecule has 2 aromatic carbocycles. The lowest BCUT2D eigenvalue weighted by atomic mass is 9.98. The quantitative estimate of drug-likeness (QED) is 0.843. The first kappa shape index (κ1) is 18.7. The van der Waals surface area contributed by atoms with Crippen LogP contribution < -0.4 is 9.47 Å². The zero-order chi connectivity index (χ0) is 19.4. The van der Waals surface area contributed by atoms with Gasteiger partial charge in [-0.05, 0) is 48.7 Å². The SMILES string of the molecule is CCOc1cc(C(=O)N2CCc3c(F)cccc3C2)ccc1OCC(=O)O. The molecule has 0 spiro atoms. The van der Waals surface area contributed by atoms with Crippen molar-refractivity contribution < 1.29 is 28.6 Å². The van der Waals surface area contributed by atoms with Crippen molar-refractivity contribution in [2.75, 3.05) is 19.8 Å². The van der Waals surface area contributed by atoms with Crippen LogP contribution in [-0.4, -0.2) is 41.6 Å². The lowest BCUT2D eigenvalue weighted by molar-refractivity contribution is -0.139. The van der Waals surface area contributed by atoms with Crippen LogP contribution in [0.25, 0.3) is 0 Å². The fraction of sp³-hybridized carbons (Fsp3) is 0.300. The molecule has 0 fully saturated rings. The molecule has 6 nitrogen and oxygen atoms in total. The number of fused-ring (bicyclic) bond motifs is 1. The summed E-state index contributed by atoms with van der Waals surface area (Å²) in [5.41, 5.74) is 1.87. The van der Waals surface area contributed by atoms with Gasteiger partial charge in [0.15, 0.2) is 18.1 Å². The Morgan fingerprint density at radius 1 is 1.19 bits per heavy atom. The molecule has 0 atom stereocenters. The van der Waals surface area contributed by atoms with Crippen LogP contribution in [0, 0.1) is 5.82 Å². The predicted molar refractivity (Wildman–Crippen MR) is 95.6 cm³/mol. The number of ether oxygens (including phenoxy) is 2. The van der Waals surface area contributed by atoms with Crippen LogP contribution in [-0.2, 0) is 17.8 Å². The second-order valence-corrected chi connectivity index (χ2v) is 6.13. The highest BCUT2D eigenvalue weighted by molar-refractivity contribution is 5.95. The summed E-state index contributed by atoms with van der Waals surface area (Å²) >= 11 is 0. The van der Waals surface area contributed by atoms with Crippen LogP contribution in [0.4, 0.5) is 4.39 Å². The Hall–Kier alpha value is -3.09. The van der Waals surface area contributed by atoms with Gasteiger partial charge >= 0.3 is 5.97 Å². The molecule has 7 heteroatoms. The zero-order valence-electron chi connectivity index (χ0n) is 14.9. The van der Waals surface area contributed by atoms with Crippen molar-refractivity contribution in [2.45, 2.75) is 19.9 Å². The highest BCUT2D eigenvalue weighted by Crippen LogP contribution is 2.30. The summed E-state index contributed by atoms with van der Waals surface area (Å²) in [6.45, 7) is 2.39. The number of halogens is 1. The monoisotopic (exact) mass is 373 g/mol. The highest BCUT2D eigenvalue weighted by atomic mass is 19.1. The number of carboxylic acids is 1.